The summed E-state index contributed by atoms with van der Waals surface area (Å²) in [5.41, 5.74) is 3.01. The maximum absolute atomic E-state index is 5.60. The molecule has 1 fully saturated rings. The SMILES string of the molecule is Cc1nnc(N2CCC(c3nc(-c4ccc5c(C)nn(C)c5c4)no3)CC2)o1. The molecule has 1 aromatic carbocycles. The molecule has 1 saturated heterocycles. The van der Waals surface area contributed by atoms with Crippen LogP contribution < -0.4 is 4.90 Å². The van der Waals surface area contributed by atoms with Crippen molar-refractivity contribution in [2.75, 3.05) is 18.0 Å². The van der Waals surface area contributed by atoms with E-state index in [0.717, 1.165) is 48.1 Å². The molecule has 4 aromatic rings. The molecule has 144 valence electrons. The van der Waals surface area contributed by atoms with Crippen molar-refractivity contribution in [3.8, 4) is 11.4 Å². The molecule has 1 aliphatic rings. The van der Waals surface area contributed by atoms with Gasteiger partial charge in [0.1, 0.15) is 0 Å². The van der Waals surface area contributed by atoms with Crippen molar-refractivity contribution in [3.05, 3.63) is 35.7 Å². The van der Waals surface area contributed by atoms with E-state index in [-0.39, 0.29) is 5.92 Å². The number of rotatable bonds is 3. The molecule has 0 amide bonds. The van der Waals surface area contributed by atoms with Gasteiger partial charge in [0.2, 0.25) is 17.6 Å². The van der Waals surface area contributed by atoms with E-state index in [4.69, 9.17) is 8.94 Å². The summed E-state index contributed by atoms with van der Waals surface area (Å²) in [6, 6.07) is 6.73. The summed E-state index contributed by atoms with van der Waals surface area (Å²) in [6.45, 7) is 5.46. The molecule has 0 N–H and O–H groups in total. The van der Waals surface area contributed by atoms with Gasteiger partial charge in [-0.1, -0.05) is 22.4 Å². The third kappa shape index (κ3) is 2.83. The number of benzene rings is 1. The van der Waals surface area contributed by atoms with Gasteiger partial charge in [0.25, 0.3) is 0 Å². The van der Waals surface area contributed by atoms with Gasteiger partial charge >= 0.3 is 6.01 Å². The molecule has 1 aliphatic heterocycles. The number of nitrogens with zero attached hydrogens (tertiary/aromatic N) is 7. The van der Waals surface area contributed by atoms with E-state index in [0.29, 0.717) is 23.6 Å². The van der Waals surface area contributed by atoms with Gasteiger partial charge in [-0.05, 0) is 25.8 Å². The molecule has 0 unspecified atom stereocenters. The lowest BCUT2D eigenvalue weighted by molar-refractivity contribution is 0.326. The van der Waals surface area contributed by atoms with Gasteiger partial charge in [-0.2, -0.15) is 10.1 Å². The minimum Gasteiger partial charge on any atom is -0.408 e. The maximum atomic E-state index is 5.60. The standard InChI is InChI=1S/C19H21N7O2/c1-11-15-5-4-14(10-16(15)25(3)23-11)17-20-18(28-24-17)13-6-8-26(9-7-13)19-22-21-12(2)27-19/h4-5,10,13H,6-9H2,1-3H3. The highest BCUT2D eigenvalue weighted by molar-refractivity contribution is 5.85. The number of aromatic nitrogens is 6. The van der Waals surface area contributed by atoms with Crippen LogP contribution in [0.1, 0.15) is 36.2 Å². The summed E-state index contributed by atoms with van der Waals surface area (Å²) in [4.78, 5) is 6.78. The summed E-state index contributed by atoms with van der Waals surface area (Å²) in [6.07, 6.45) is 1.81. The lowest BCUT2D eigenvalue weighted by Gasteiger charge is -2.28. The zero-order valence-electron chi connectivity index (χ0n) is 16.1. The highest BCUT2D eigenvalue weighted by Gasteiger charge is 2.27. The Balaban J connectivity index is 1.33. The van der Waals surface area contributed by atoms with Gasteiger partial charge in [-0.25, -0.2) is 0 Å². The van der Waals surface area contributed by atoms with Gasteiger partial charge in [0.15, 0.2) is 0 Å². The van der Waals surface area contributed by atoms with Gasteiger partial charge < -0.3 is 13.8 Å². The molecule has 3 aromatic heterocycles. The van der Waals surface area contributed by atoms with Gasteiger partial charge in [-0.15, -0.1) is 5.10 Å². The number of hydrogen-bond donors (Lipinski definition) is 0. The Morgan fingerprint density at radius 1 is 1.11 bits per heavy atom. The average Bonchev–Trinajstić information content (AvgIpc) is 3.42. The summed E-state index contributed by atoms with van der Waals surface area (Å²) >= 11 is 0. The third-order valence-electron chi connectivity index (χ3n) is 5.37. The fraction of sp³-hybridized carbons (Fsp3) is 0.421. The smallest absolute Gasteiger partial charge is 0.318 e. The van der Waals surface area contributed by atoms with Crippen LogP contribution in [0, 0.1) is 13.8 Å². The van der Waals surface area contributed by atoms with Crippen molar-refractivity contribution >= 4 is 16.9 Å². The van der Waals surface area contributed by atoms with Crippen LogP contribution >= 0.6 is 0 Å². The molecular weight excluding hydrogens is 358 g/mol. The maximum Gasteiger partial charge on any atom is 0.318 e. The Morgan fingerprint density at radius 2 is 1.93 bits per heavy atom. The zero-order chi connectivity index (χ0) is 19.3. The molecule has 0 bridgehead atoms. The van der Waals surface area contributed by atoms with Crippen molar-refractivity contribution in [1.29, 1.82) is 0 Å². The second-order valence-corrected chi connectivity index (χ2v) is 7.26. The van der Waals surface area contributed by atoms with Crippen molar-refractivity contribution in [2.45, 2.75) is 32.6 Å². The second-order valence-electron chi connectivity index (χ2n) is 7.26. The van der Waals surface area contributed by atoms with Crippen LogP contribution in [0.2, 0.25) is 0 Å². The fourth-order valence-corrected chi connectivity index (χ4v) is 3.83. The van der Waals surface area contributed by atoms with E-state index in [9.17, 15) is 0 Å². The Morgan fingerprint density at radius 3 is 2.68 bits per heavy atom. The predicted octanol–water partition coefficient (Wildman–Crippen LogP) is 3.01. The second kappa shape index (κ2) is 6.43. The first kappa shape index (κ1) is 16.9. The first-order chi connectivity index (χ1) is 13.6. The predicted molar refractivity (Wildman–Crippen MR) is 102 cm³/mol. The van der Waals surface area contributed by atoms with E-state index in [1.807, 2.05) is 24.7 Å². The lowest BCUT2D eigenvalue weighted by Crippen LogP contribution is -2.33. The van der Waals surface area contributed by atoms with E-state index < -0.39 is 0 Å². The highest BCUT2D eigenvalue weighted by atomic mass is 16.5. The molecular formula is C19H21N7O2. The highest BCUT2D eigenvalue weighted by Crippen LogP contribution is 2.31. The topological polar surface area (TPSA) is 98.9 Å². The van der Waals surface area contributed by atoms with Crippen molar-refractivity contribution in [1.82, 2.24) is 30.1 Å². The molecule has 0 saturated carbocycles. The van der Waals surface area contributed by atoms with Crippen LogP contribution in [-0.2, 0) is 7.05 Å². The third-order valence-corrected chi connectivity index (χ3v) is 5.37. The quantitative estimate of drug-likeness (QED) is 0.536. The summed E-state index contributed by atoms with van der Waals surface area (Å²) in [5, 5.41) is 17.8. The largest absolute Gasteiger partial charge is 0.408 e. The molecule has 4 heterocycles. The van der Waals surface area contributed by atoms with E-state index in [1.54, 1.807) is 6.92 Å². The van der Waals surface area contributed by atoms with Crippen molar-refractivity contribution in [3.63, 3.8) is 0 Å². The molecule has 9 nitrogen and oxygen atoms in total. The molecule has 0 aliphatic carbocycles. The fourth-order valence-electron chi connectivity index (χ4n) is 3.83. The Kier molecular flexibility index (Phi) is 3.88. The Hall–Kier alpha value is -3.23. The number of fused-ring (bicyclic) bond motifs is 1. The summed E-state index contributed by atoms with van der Waals surface area (Å²) in [7, 11) is 1.94. The zero-order valence-corrected chi connectivity index (χ0v) is 16.1. The molecule has 0 radical (unpaired) electrons. The van der Waals surface area contributed by atoms with E-state index >= 15 is 0 Å². The van der Waals surface area contributed by atoms with Crippen LogP contribution in [-0.4, -0.2) is 43.2 Å². The van der Waals surface area contributed by atoms with Crippen LogP contribution in [0.5, 0.6) is 0 Å². The summed E-state index contributed by atoms with van der Waals surface area (Å²) < 4.78 is 13.0. The monoisotopic (exact) mass is 379 g/mol. The minimum atomic E-state index is 0.240. The number of aryl methyl sites for hydroxylation is 3. The minimum absolute atomic E-state index is 0.240. The van der Waals surface area contributed by atoms with Crippen molar-refractivity contribution in [2.24, 2.45) is 7.05 Å². The van der Waals surface area contributed by atoms with Crippen LogP contribution in [0.25, 0.3) is 22.3 Å². The number of hydrogen-bond acceptors (Lipinski definition) is 8. The van der Waals surface area contributed by atoms with E-state index in [2.05, 4.69) is 42.5 Å². The molecule has 0 spiro atoms. The van der Waals surface area contributed by atoms with E-state index in [1.165, 1.54) is 0 Å². The molecule has 5 rings (SSSR count). The van der Waals surface area contributed by atoms with Gasteiger partial charge in [0, 0.05) is 43.9 Å². The lowest BCUT2D eigenvalue weighted by atomic mass is 9.97. The normalized spacial score (nSPS) is 15.6. The Labute approximate surface area is 161 Å². The van der Waals surface area contributed by atoms with Crippen LogP contribution in [0.4, 0.5) is 6.01 Å². The first-order valence-electron chi connectivity index (χ1n) is 9.41. The average molecular weight is 379 g/mol. The van der Waals surface area contributed by atoms with Crippen molar-refractivity contribution < 1.29 is 8.94 Å². The Bertz CT molecular complexity index is 1130. The van der Waals surface area contributed by atoms with Gasteiger partial charge in [0.05, 0.1) is 11.2 Å². The first-order valence-corrected chi connectivity index (χ1v) is 9.41. The molecule has 0 atom stereocenters. The van der Waals surface area contributed by atoms with Crippen LogP contribution in [0.15, 0.2) is 27.1 Å². The number of anilines is 1. The summed E-state index contributed by atoms with van der Waals surface area (Å²) in [5.74, 6) is 2.13. The molecule has 9 heteroatoms. The number of piperidine rings is 1. The van der Waals surface area contributed by atoms with Gasteiger partial charge in [-0.3, -0.25) is 4.68 Å². The molecule has 28 heavy (non-hydrogen) atoms. The van der Waals surface area contributed by atoms with Crippen LogP contribution in [0.3, 0.4) is 0 Å².